The molecule has 0 radical (unpaired) electrons. The molecule has 1 fully saturated rings. The van der Waals surface area contributed by atoms with E-state index in [0.717, 1.165) is 31.6 Å². The molecule has 3 amide bonds. The van der Waals surface area contributed by atoms with E-state index < -0.39 is 10.8 Å². The van der Waals surface area contributed by atoms with Gasteiger partial charge in [0.2, 0.25) is 0 Å². The molecule has 3 rings (SSSR count). The third-order valence-electron chi connectivity index (χ3n) is 5.18. The van der Waals surface area contributed by atoms with Gasteiger partial charge in [0.25, 0.3) is 11.6 Å². The van der Waals surface area contributed by atoms with Crippen LogP contribution in [-0.2, 0) is 0 Å². The molecule has 31 heavy (non-hydrogen) atoms. The van der Waals surface area contributed by atoms with Crippen LogP contribution < -0.4 is 15.5 Å². The molecular weight excluding hydrogens is 398 g/mol. The number of urea groups is 1. The Kier molecular flexibility index (Phi) is 7.42. The molecular formula is C22H27N5O4. The van der Waals surface area contributed by atoms with Gasteiger partial charge in [-0.15, -0.1) is 0 Å². The molecule has 1 heterocycles. The highest BCUT2D eigenvalue weighted by Gasteiger charge is 2.21. The Morgan fingerprint density at radius 2 is 1.77 bits per heavy atom. The predicted octanol–water partition coefficient (Wildman–Crippen LogP) is 3.48. The van der Waals surface area contributed by atoms with Crippen LogP contribution in [0.1, 0.15) is 30.1 Å². The second-order valence-electron chi connectivity index (χ2n) is 7.37. The third-order valence-corrected chi connectivity index (χ3v) is 5.18. The minimum absolute atomic E-state index is 0.00712. The number of hydrogen-bond donors (Lipinski definition) is 2. The summed E-state index contributed by atoms with van der Waals surface area (Å²) in [5.74, 6) is -0.404. The molecule has 9 nitrogen and oxygen atoms in total. The number of carbonyl (C=O) groups excluding carboxylic acids is 2. The van der Waals surface area contributed by atoms with Crippen molar-refractivity contribution < 1.29 is 14.5 Å². The lowest BCUT2D eigenvalue weighted by Gasteiger charge is -2.36. The van der Waals surface area contributed by atoms with Gasteiger partial charge in [-0.2, -0.15) is 0 Å². The van der Waals surface area contributed by atoms with Gasteiger partial charge in [0.15, 0.2) is 0 Å². The number of nitro benzene ring substituents is 1. The van der Waals surface area contributed by atoms with Gasteiger partial charge >= 0.3 is 6.03 Å². The Hall–Kier alpha value is -3.62. The molecule has 0 aliphatic carbocycles. The number of benzene rings is 2. The number of nitrogens with one attached hydrogen (secondary N) is 2. The number of piperazine rings is 1. The lowest BCUT2D eigenvalue weighted by Crippen LogP contribution is -2.52. The van der Waals surface area contributed by atoms with Gasteiger partial charge in [0, 0.05) is 61.8 Å². The van der Waals surface area contributed by atoms with Crippen molar-refractivity contribution in [3.63, 3.8) is 0 Å². The van der Waals surface area contributed by atoms with Gasteiger partial charge in [0.05, 0.1) is 4.92 Å². The summed E-state index contributed by atoms with van der Waals surface area (Å²) in [6.07, 6.45) is 2.03. The first kappa shape index (κ1) is 22.1. The monoisotopic (exact) mass is 425 g/mol. The first-order valence-corrected chi connectivity index (χ1v) is 10.4. The van der Waals surface area contributed by atoms with Crippen LogP contribution in [0.3, 0.4) is 0 Å². The van der Waals surface area contributed by atoms with E-state index in [0.29, 0.717) is 25.3 Å². The molecule has 0 atom stereocenters. The van der Waals surface area contributed by atoms with Crippen LogP contribution in [0.4, 0.5) is 21.9 Å². The number of unbranched alkanes of at least 4 members (excludes halogenated alkanes) is 1. The largest absolute Gasteiger partial charge is 0.368 e. The fourth-order valence-corrected chi connectivity index (χ4v) is 3.37. The lowest BCUT2D eigenvalue weighted by atomic mass is 10.1. The summed E-state index contributed by atoms with van der Waals surface area (Å²) in [5.41, 5.74) is 1.72. The summed E-state index contributed by atoms with van der Waals surface area (Å²) >= 11 is 0. The highest BCUT2D eigenvalue weighted by molar-refractivity contribution is 6.04. The molecule has 0 bridgehead atoms. The smallest absolute Gasteiger partial charge is 0.317 e. The summed E-state index contributed by atoms with van der Waals surface area (Å²) in [7, 11) is 0. The molecule has 9 heteroatoms. The molecule has 0 saturated carbocycles. The minimum Gasteiger partial charge on any atom is -0.368 e. The van der Waals surface area contributed by atoms with E-state index in [-0.39, 0.29) is 17.3 Å². The summed E-state index contributed by atoms with van der Waals surface area (Å²) in [5, 5.41) is 16.6. The van der Waals surface area contributed by atoms with Crippen LogP contribution in [0.2, 0.25) is 0 Å². The van der Waals surface area contributed by atoms with Crippen molar-refractivity contribution in [1.29, 1.82) is 0 Å². The highest BCUT2D eigenvalue weighted by atomic mass is 16.6. The average molecular weight is 425 g/mol. The van der Waals surface area contributed by atoms with Gasteiger partial charge in [-0.3, -0.25) is 14.9 Å². The quantitative estimate of drug-likeness (QED) is 0.401. The maximum absolute atomic E-state index is 12.4. The van der Waals surface area contributed by atoms with Crippen LogP contribution in [0.25, 0.3) is 0 Å². The SMILES string of the molecule is CCCCNC(=O)N1CCN(c2ccc(NC(=O)c3cccc([N+](=O)[O-])c3)cc2)CC1. The summed E-state index contributed by atoms with van der Waals surface area (Å²) in [4.78, 5) is 38.9. The fraction of sp³-hybridized carbons (Fsp3) is 0.364. The highest BCUT2D eigenvalue weighted by Crippen LogP contribution is 2.21. The van der Waals surface area contributed by atoms with Gasteiger partial charge in [0.1, 0.15) is 0 Å². The van der Waals surface area contributed by atoms with Crippen LogP contribution in [0.15, 0.2) is 48.5 Å². The number of amides is 3. The van der Waals surface area contributed by atoms with Gasteiger partial charge in [-0.05, 0) is 36.8 Å². The van der Waals surface area contributed by atoms with Crippen LogP contribution in [-0.4, -0.2) is 54.5 Å². The summed E-state index contributed by atoms with van der Waals surface area (Å²) in [6, 6.07) is 13.0. The number of hydrogen-bond acceptors (Lipinski definition) is 5. The van der Waals surface area contributed by atoms with E-state index in [2.05, 4.69) is 22.5 Å². The van der Waals surface area contributed by atoms with Crippen LogP contribution in [0.5, 0.6) is 0 Å². The number of carbonyl (C=O) groups is 2. The lowest BCUT2D eigenvalue weighted by molar-refractivity contribution is -0.384. The first-order valence-electron chi connectivity index (χ1n) is 10.4. The van der Waals surface area contributed by atoms with Crippen molar-refractivity contribution in [3.05, 3.63) is 64.2 Å². The Balaban J connectivity index is 1.53. The maximum Gasteiger partial charge on any atom is 0.317 e. The zero-order valence-electron chi connectivity index (χ0n) is 17.5. The Labute approximate surface area is 181 Å². The van der Waals surface area contributed by atoms with Crippen molar-refractivity contribution >= 4 is 29.0 Å². The fourth-order valence-electron chi connectivity index (χ4n) is 3.37. The summed E-state index contributed by atoms with van der Waals surface area (Å²) < 4.78 is 0. The Morgan fingerprint density at radius 3 is 2.42 bits per heavy atom. The Morgan fingerprint density at radius 1 is 1.06 bits per heavy atom. The molecule has 0 aromatic heterocycles. The summed E-state index contributed by atoms with van der Waals surface area (Å²) in [6.45, 7) is 5.59. The molecule has 0 unspecified atom stereocenters. The number of anilines is 2. The number of rotatable bonds is 7. The molecule has 0 spiro atoms. The van der Waals surface area contributed by atoms with E-state index in [9.17, 15) is 19.7 Å². The molecule has 1 aliphatic heterocycles. The number of non-ortho nitro benzene ring substituents is 1. The van der Waals surface area contributed by atoms with Crippen molar-refractivity contribution in [1.82, 2.24) is 10.2 Å². The zero-order valence-corrected chi connectivity index (χ0v) is 17.5. The van der Waals surface area contributed by atoms with Crippen LogP contribution >= 0.6 is 0 Å². The van der Waals surface area contributed by atoms with Crippen molar-refractivity contribution in [2.24, 2.45) is 0 Å². The molecule has 2 N–H and O–H groups in total. The van der Waals surface area contributed by atoms with E-state index in [4.69, 9.17) is 0 Å². The maximum atomic E-state index is 12.4. The second kappa shape index (κ2) is 10.4. The molecule has 2 aromatic rings. The minimum atomic E-state index is -0.528. The van der Waals surface area contributed by atoms with Crippen molar-refractivity contribution in [3.8, 4) is 0 Å². The second-order valence-corrected chi connectivity index (χ2v) is 7.37. The predicted molar refractivity (Wildman–Crippen MR) is 120 cm³/mol. The number of nitro groups is 1. The third kappa shape index (κ3) is 5.94. The molecule has 1 aliphatic rings. The molecule has 164 valence electrons. The van der Waals surface area contributed by atoms with Gasteiger partial charge < -0.3 is 20.4 Å². The van der Waals surface area contributed by atoms with Gasteiger partial charge in [-0.1, -0.05) is 19.4 Å². The van der Waals surface area contributed by atoms with Crippen molar-refractivity contribution in [2.45, 2.75) is 19.8 Å². The zero-order chi connectivity index (χ0) is 22.2. The molecule has 2 aromatic carbocycles. The van der Waals surface area contributed by atoms with Gasteiger partial charge in [-0.25, -0.2) is 4.79 Å². The van der Waals surface area contributed by atoms with E-state index in [1.54, 1.807) is 12.1 Å². The number of nitrogens with zero attached hydrogens (tertiary/aromatic N) is 3. The standard InChI is InChI=1S/C22H27N5O4/c1-2-3-11-23-22(29)26-14-12-25(13-15-26)19-9-7-18(8-10-19)24-21(28)17-5-4-6-20(16-17)27(30)31/h4-10,16H,2-3,11-15H2,1H3,(H,23,29)(H,24,28). The topological polar surface area (TPSA) is 108 Å². The van der Waals surface area contributed by atoms with Crippen LogP contribution in [0, 0.1) is 10.1 Å². The first-order chi connectivity index (χ1) is 15.0. The van der Waals surface area contributed by atoms with Crippen molar-refractivity contribution in [2.75, 3.05) is 42.9 Å². The van der Waals surface area contributed by atoms with E-state index >= 15 is 0 Å². The normalized spacial score (nSPS) is 13.6. The molecule has 1 saturated heterocycles. The average Bonchev–Trinajstić information content (AvgIpc) is 2.80. The van der Waals surface area contributed by atoms with E-state index in [1.165, 1.54) is 24.3 Å². The van der Waals surface area contributed by atoms with E-state index in [1.807, 2.05) is 17.0 Å². The Bertz CT molecular complexity index is 924.